The summed E-state index contributed by atoms with van der Waals surface area (Å²) in [5.41, 5.74) is 2.16. The van der Waals surface area contributed by atoms with Gasteiger partial charge in [0.15, 0.2) is 10.4 Å². The third-order valence-electron chi connectivity index (χ3n) is 3.97. The number of hydrogen-bond donors (Lipinski definition) is 3. The van der Waals surface area contributed by atoms with Crippen molar-refractivity contribution in [2.24, 2.45) is 0 Å². The molecule has 1 heterocycles. The number of halogens is 1. The Labute approximate surface area is 170 Å². The molecule has 1 aromatic carbocycles. The zero-order valence-electron chi connectivity index (χ0n) is 17.1. The van der Waals surface area contributed by atoms with E-state index < -0.39 is 0 Å². The van der Waals surface area contributed by atoms with E-state index in [1.54, 1.807) is 7.11 Å². The summed E-state index contributed by atoms with van der Waals surface area (Å²) in [6.45, 7) is 8.89. The molecule has 1 unspecified atom stereocenters. The minimum Gasteiger partial charge on any atom is -0.496 e. The van der Waals surface area contributed by atoms with Crippen molar-refractivity contribution in [3.8, 4) is 5.75 Å². The molecule has 7 heteroatoms. The van der Waals surface area contributed by atoms with Crippen LogP contribution >= 0.6 is 15.9 Å². The Kier molecular flexibility index (Phi) is 10.0. The Morgan fingerprint density at radius 2 is 1.96 bits per heavy atom. The molecule has 1 aromatic heterocycles. The van der Waals surface area contributed by atoms with Crippen molar-refractivity contribution in [3.63, 3.8) is 0 Å². The van der Waals surface area contributed by atoms with E-state index in [-0.39, 0.29) is 12.1 Å². The first kappa shape index (κ1) is 23.6. The predicted molar refractivity (Wildman–Crippen MR) is 112 cm³/mol. The van der Waals surface area contributed by atoms with Gasteiger partial charge in [0, 0.05) is 23.7 Å². The lowest BCUT2D eigenvalue weighted by molar-refractivity contribution is 0.226. The number of hydrogen-bond acceptors (Lipinski definition) is 6. The number of rotatable bonds is 7. The van der Waals surface area contributed by atoms with Gasteiger partial charge in [-0.2, -0.15) is 0 Å². The number of nitrogens with zero attached hydrogens (tertiary/aromatic N) is 1. The summed E-state index contributed by atoms with van der Waals surface area (Å²) in [5, 5.41) is 19.2. The van der Waals surface area contributed by atoms with E-state index in [4.69, 9.17) is 14.4 Å². The summed E-state index contributed by atoms with van der Waals surface area (Å²) in [4.78, 5) is 0. The maximum absolute atomic E-state index is 8.98. The first-order valence-corrected chi connectivity index (χ1v) is 9.79. The average molecular weight is 442 g/mol. The SMILES string of the molecule is CC(C)(C)NCc1c(Br)noc1CO.CNC(C)Cc1ccccc1OC. The third kappa shape index (κ3) is 8.43. The highest BCUT2D eigenvalue weighted by Crippen LogP contribution is 2.20. The van der Waals surface area contributed by atoms with E-state index in [9.17, 15) is 0 Å². The Morgan fingerprint density at radius 3 is 2.52 bits per heavy atom. The molecule has 0 radical (unpaired) electrons. The van der Waals surface area contributed by atoms with Crippen LogP contribution in [-0.4, -0.2) is 36.0 Å². The lowest BCUT2D eigenvalue weighted by atomic mass is 10.1. The fraction of sp³-hybridized carbons (Fsp3) is 0.550. The van der Waals surface area contributed by atoms with Crippen LogP contribution in [0.5, 0.6) is 5.75 Å². The fourth-order valence-corrected chi connectivity index (χ4v) is 2.71. The van der Waals surface area contributed by atoms with E-state index in [0.717, 1.165) is 17.7 Å². The van der Waals surface area contributed by atoms with Gasteiger partial charge in [-0.25, -0.2) is 0 Å². The molecule has 0 fully saturated rings. The maximum Gasteiger partial charge on any atom is 0.167 e. The molecule has 1 atom stereocenters. The fourth-order valence-electron chi connectivity index (χ4n) is 2.27. The van der Waals surface area contributed by atoms with Crippen molar-refractivity contribution in [2.75, 3.05) is 14.2 Å². The summed E-state index contributed by atoms with van der Waals surface area (Å²) in [7, 11) is 3.68. The summed E-state index contributed by atoms with van der Waals surface area (Å²) in [5.74, 6) is 1.48. The topological polar surface area (TPSA) is 79.6 Å². The van der Waals surface area contributed by atoms with Crippen LogP contribution in [0.2, 0.25) is 0 Å². The first-order chi connectivity index (χ1) is 12.7. The number of aliphatic hydroxyl groups is 1. The van der Waals surface area contributed by atoms with Crippen LogP contribution in [0.3, 0.4) is 0 Å². The van der Waals surface area contributed by atoms with Crippen LogP contribution < -0.4 is 15.4 Å². The summed E-state index contributed by atoms with van der Waals surface area (Å²) in [6, 6.07) is 8.62. The Hall–Kier alpha value is -1.41. The average Bonchev–Trinajstić information content (AvgIpc) is 3.00. The molecule has 3 N–H and O–H groups in total. The lowest BCUT2D eigenvalue weighted by Crippen LogP contribution is -2.35. The van der Waals surface area contributed by atoms with Crippen LogP contribution in [0.4, 0.5) is 0 Å². The minimum atomic E-state index is -0.125. The molecule has 0 amide bonds. The molecule has 0 saturated heterocycles. The summed E-state index contributed by atoms with van der Waals surface area (Å²) in [6.07, 6.45) is 1.00. The van der Waals surface area contributed by atoms with E-state index in [0.29, 0.717) is 23.0 Å². The van der Waals surface area contributed by atoms with Crippen molar-refractivity contribution in [2.45, 2.75) is 58.8 Å². The standard InChI is InChI=1S/C11H17NO.C9H15BrN2O2/c1-9(12-2)8-10-6-4-5-7-11(10)13-3;1-9(2,3)11-4-6-7(5-13)14-12-8(6)10/h4-7,9,12H,8H2,1-3H3;11,13H,4-5H2,1-3H3. The Morgan fingerprint density at radius 1 is 1.30 bits per heavy atom. The molecular formula is C20H32BrN3O3. The molecule has 0 bridgehead atoms. The number of para-hydroxylation sites is 1. The number of ether oxygens (including phenoxy) is 1. The van der Waals surface area contributed by atoms with Crippen LogP contribution in [0.25, 0.3) is 0 Å². The first-order valence-electron chi connectivity index (χ1n) is 8.99. The van der Waals surface area contributed by atoms with Crippen molar-refractivity contribution in [1.82, 2.24) is 15.8 Å². The van der Waals surface area contributed by atoms with E-state index >= 15 is 0 Å². The number of nitrogens with one attached hydrogen (secondary N) is 2. The van der Waals surface area contributed by atoms with Gasteiger partial charge in [-0.3, -0.25) is 0 Å². The third-order valence-corrected chi connectivity index (χ3v) is 4.60. The molecule has 0 aliphatic rings. The predicted octanol–water partition coefficient (Wildman–Crippen LogP) is 3.66. The highest BCUT2D eigenvalue weighted by molar-refractivity contribution is 9.10. The molecule has 152 valence electrons. The van der Waals surface area contributed by atoms with Crippen LogP contribution in [0.15, 0.2) is 33.4 Å². The molecule has 0 saturated carbocycles. The van der Waals surface area contributed by atoms with Crippen LogP contribution in [0.1, 0.15) is 44.6 Å². The van der Waals surface area contributed by atoms with E-state index in [2.05, 4.69) is 65.5 Å². The largest absolute Gasteiger partial charge is 0.496 e. The van der Waals surface area contributed by atoms with Crippen LogP contribution in [-0.2, 0) is 19.6 Å². The normalized spacial score (nSPS) is 12.3. The second kappa shape index (κ2) is 11.4. The summed E-state index contributed by atoms with van der Waals surface area (Å²) < 4.78 is 10.8. The molecule has 0 aliphatic carbocycles. The molecule has 27 heavy (non-hydrogen) atoms. The van der Waals surface area contributed by atoms with Crippen molar-refractivity contribution in [1.29, 1.82) is 0 Å². The Bertz CT molecular complexity index is 683. The quantitative estimate of drug-likeness (QED) is 0.608. The molecular weight excluding hydrogens is 410 g/mol. The highest BCUT2D eigenvalue weighted by Gasteiger charge is 2.16. The molecule has 2 rings (SSSR count). The highest BCUT2D eigenvalue weighted by atomic mass is 79.9. The number of methoxy groups -OCH3 is 1. The van der Waals surface area contributed by atoms with Gasteiger partial charge < -0.3 is 25.0 Å². The number of likely N-dealkylation sites (N-methyl/N-ethyl adjacent to an activating group) is 1. The number of benzene rings is 1. The second-order valence-corrected chi connectivity index (χ2v) is 8.09. The molecule has 2 aromatic rings. The number of aliphatic hydroxyl groups excluding tert-OH is 1. The van der Waals surface area contributed by atoms with Gasteiger partial charge in [-0.15, -0.1) is 0 Å². The van der Waals surface area contributed by atoms with Crippen LogP contribution in [0, 0.1) is 0 Å². The Balaban J connectivity index is 0.000000271. The molecule has 6 nitrogen and oxygen atoms in total. The monoisotopic (exact) mass is 441 g/mol. The lowest BCUT2D eigenvalue weighted by Gasteiger charge is -2.20. The zero-order chi connectivity index (χ0) is 20.4. The summed E-state index contributed by atoms with van der Waals surface area (Å²) >= 11 is 3.27. The van der Waals surface area contributed by atoms with Gasteiger partial charge in [0.1, 0.15) is 12.4 Å². The van der Waals surface area contributed by atoms with Gasteiger partial charge >= 0.3 is 0 Å². The molecule has 0 spiro atoms. The van der Waals surface area contributed by atoms with Gasteiger partial charge in [0.05, 0.1) is 7.11 Å². The maximum atomic E-state index is 8.98. The smallest absolute Gasteiger partial charge is 0.167 e. The zero-order valence-corrected chi connectivity index (χ0v) is 18.7. The van der Waals surface area contributed by atoms with Crippen molar-refractivity contribution < 1.29 is 14.4 Å². The molecule has 0 aliphatic heterocycles. The van der Waals surface area contributed by atoms with E-state index in [1.807, 2.05) is 25.2 Å². The minimum absolute atomic E-state index is 0.0312. The van der Waals surface area contributed by atoms with E-state index in [1.165, 1.54) is 5.56 Å². The number of aromatic nitrogens is 1. The second-order valence-electron chi connectivity index (χ2n) is 7.34. The van der Waals surface area contributed by atoms with Gasteiger partial charge in [0.2, 0.25) is 0 Å². The van der Waals surface area contributed by atoms with Crippen molar-refractivity contribution in [3.05, 3.63) is 45.8 Å². The van der Waals surface area contributed by atoms with Gasteiger partial charge in [-0.05, 0) is 68.7 Å². The van der Waals surface area contributed by atoms with Crippen molar-refractivity contribution >= 4 is 15.9 Å². The van der Waals surface area contributed by atoms with Gasteiger partial charge in [-0.1, -0.05) is 23.4 Å². The van der Waals surface area contributed by atoms with Gasteiger partial charge in [0.25, 0.3) is 0 Å².